The van der Waals surface area contributed by atoms with Gasteiger partial charge in [-0.3, -0.25) is 4.79 Å². The molecule has 0 spiro atoms. The molecule has 2 N–H and O–H groups in total. The van der Waals surface area contributed by atoms with Crippen molar-refractivity contribution in [3.05, 3.63) is 41.5 Å². The van der Waals surface area contributed by atoms with Gasteiger partial charge in [-0.05, 0) is 127 Å². The van der Waals surface area contributed by atoms with Gasteiger partial charge in [-0.1, -0.05) is 66.2 Å². The zero-order valence-electron chi connectivity index (χ0n) is 30.1. The maximum Gasteiger partial charge on any atom is 0.331 e. The van der Waals surface area contributed by atoms with Crippen molar-refractivity contribution in [3.8, 4) is 11.5 Å². The second kappa shape index (κ2) is 11.4. The number of hydrogen-bond donors (Lipinski definition) is 2. The van der Waals surface area contributed by atoms with E-state index in [1.807, 2.05) is 0 Å². The Balaban J connectivity index is 1.25. The van der Waals surface area contributed by atoms with Gasteiger partial charge in [0.15, 0.2) is 11.5 Å². The molecule has 4 saturated carbocycles. The predicted molar refractivity (Wildman–Crippen MR) is 184 cm³/mol. The minimum absolute atomic E-state index is 0.0534. The van der Waals surface area contributed by atoms with Crippen molar-refractivity contribution in [1.82, 2.24) is 0 Å². The Morgan fingerprint density at radius 1 is 0.894 bits per heavy atom. The summed E-state index contributed by atoms with van der Waals surface area (Å²) < 4.78 is 12.0. The summed E-state index contributed by atoms with van der Waals surface area (Å²) in [4.78, 5) is 25.1. The molecular weight excluding hydrogens is 588 g/mol. The number of phenolic OH excluding ortho intramolecular Hbond substituents is 2. The van der Waals surface area contributed by atoms with Crippen LogP contribution in [0.1, 0.15) is 125 Å². The number of ether oxygens (including phenoxy) is 2. The highest BCUT2D eigenvalue weighted by Gasteiger charge is 2.68. The Labute approximate surface area is 282 Å². The van der Waals surface area contributed by atoms with E-state index in [2.05, 4.69) is 54.5 Å². The zero-order chi connectivity index (χ0) is 34.2. The van der Waals surface area contributed by atoms with E-state index < -0.39 is 0 Å². The van der Waals surface area contributed by atoms with Gasteiger partial charge in [0, 0.05) is 23.8 Å². The van der Waals surface area contributed by atoms with Gasteiger partial charge >= 0.3 is 11.9 Å². The van der Waals surface area contributed by atoms with Gasteiger partial charge < -0.3 is 19.7 Å². The SMILES string of the molecule is CC(=O)OC[C@]12CCC(C)(C)C[C@H]1C1=CC[C@@H]3[C@@]4(C)CC[C@H](OC(=O)C=Cc5ccc(O)c(O)c5)C(C)(C)[C@@H]4CC[C@@]3(C)[C@]1(C)CC2. The van der Waals surface area contributed by atoms with Gasteiger partial charge in [0.25, 0.3) is 0 Å². The van der Waals surface area contributed by atoms with Crippen LogP contribution in [0.2, 0.25) is 0 Å². The van der Waals surface area contributed by atoms with Crippen molar-refractivity contribution >= 4 is 18.0 Å². The number of hydrogen-bond acceptors (Lipinski definition) is 6. The molecule has 6 rings (SSSR count). The van der Waals surface area contributed by atoms with Crippen molar-refractivity contribution in [2.45, 2.75) is 126 Å². The standard InChI is InChI=1S/C41H58O6/c1-26(42)46-25-41-21-19-36(2,3)24-29(41)28-11-13-33-38(6)17-16-34(47-35(45)14-10-27-9-12-30(43)31(44)23-27)37(4,5)32(38)15-18-40(33,8)39(28,7)20-22-41/h9-12,14,23,29,32-34,43-44H,13,15-22,24-25H2,1-8H3/t29-,32-,33+,34-,38-,39+,40+,41+/m0/s1. The van der Waals surface area contributed by atoms with E-state index in [-0.39, 0.29) is 62.0 Å². The second-order valence-electron chi connectivity index (χ2n) is 18.2. The first-order valence-electron chi connectivity index (χ1n) is 18.1. The normalized spacial score (nSPS) is 40.2. The van der Waals surface area contributed by atoms with Crippen LogP contribution in [-0.2, 0) is 19.1 Å². The highest BCUT2D eigenvalue weighted by molar-refractivity contribution is 5.87. The molecule has 0 bridgehead atoms. The van der Waals surface area contributed by atoms with Gasteiger partial charge in [0.05, 0.1) is 6.61 Å². The summed E-state index contributed by atoms with van der Waals surface area (Å²) in [6, 6.07) is 4.49. The third-order valence-electron chi connectivity index (χ3n) is 15.0. The van der Waals surface area contributed by atoms with Crippen LogP contribution in [0.15, 0.2) is 35.9 Å². The Bertz CT molecular complexity index is 1490. The average Bonchev–Trinajstić information content (AvgIpc) is 2.98. The summed E-state index contributed by atoms with van der Waals surface area (Å²) in [5.41, 5.74) is 2.89. The smallest absolute Gasteiger partial charge is 0.331 e. The van der Waals surface area contributed by atoms with Crippen LogP contribution in [-0.4, -0.2) is 34.9 Å². The third kappa shape index (κ3) is 5.44. The molecule has 0 unspecified atom stereocenters. The lowest BCUT2D eigenvalue weighted by molar-refractivity contribution is -0.212. The van der Waals surface area contributed by atoms with Crippen molar-refractivity contribution in [2.24, 2.45) is 50.2 Å². The van der Waals surface area contributed by atoms with E-state index in [9.17, 15) is 19.8 Å². The van der Waals surface area contributed by atoms with Crippen LogP contribution >= 0.6 is 0 Å². The fraction of sp³-hybridized carbons (Fsp3) is 0.707. The number of allylic oxidation sites excluding steroid dienone is 2. The fourth-order valence-electron chi connectivity index (χ4n) is 12.0. The average molecular weight is 647 g/mol. The summed E-state index contributed by atoms with van der Waals surface area (Å²) in [6.45, 7) is 19.3. The highest BCUT2D eigenvalue weighted by atomic mass is 16.5. The van der Waals surface area contributed by atoms with Crippen LogP contribution in [0, 0.1) is 50.2 Å². The lowest BCUT2D eigenvalue weighted by Crippen LogP contribution is -2.65. The van der Waals surface area contributed by atoms with Crippen molar-refractivity contribution in [1.29, 1.82) is 0 Å². The molecule has 1 aromatic carbocycles. The summed E-state index contributed by atoms with van der Waals surface area (Å²) >= 11 is 0. The lowest BCUT2D eigenvalue weighted by Gasteiger charge is -2.71. The number of benzene rings is 1. The van der Waals surface area contributed by atoms with E-state index >= 15 is 0 Å². The van der Waals surface area contributed by atoms with E-state index in [1.54, 1.807) is 24.6 Å². The van der Waals surface area contributed by atoms with Crippen molar-refractivity contribution in [3.63, 3.8) is 0 Å². The number of carbonyl (C=O) groups excluding carboxylic acids is 2. The van der Waals surface area contributed by atoms with Crippen LogP contribution < -0.4 is 0 Å². The summed E-state index contributed by atoms with van der Waals surface area (Å²) in [5, 5.41) is 19.4. The van der Waals surface area contributed by atoms with Gasteiger partial charge in [0.1, 0.15) is 6.10 Å². The number of aromatic hydroxyl groups is 2. The number of esters is 2. The fourth-order valence-corrected chi connectivity index (χ4v) is 12.0. The number of carbonyl (C=O) groups is 2. The molecule has 0 saturated heterocycles. The molecule has 0 radical (unpaired) electrons. The third-order valence-corrected chi connectivity index (χ3v) is 15.0. The van der Waals surface area contributed by atoms with Gasteiger partial charge in [-0.25, -0.2) is 4.79 Å². The molecule has 5 aliphatic carbocycles. The minimum atomic E-state index is -0.368. The summed E-state index contributed by atoms with van der Waals surface area (Å²) in [6.07, 6.45) is 16.6. The van der Waals surface area contributed by atoms with E-state index in [0.29, 0.717) is 29.9 Å². The Morgan fingerprint density at radius 2 is 1.62 bits per heavy atom. The molecule has 5 aliphatic rings. The molecule has 6 nitrogen and oxygen atoms in total. The van der Waals surface area contributed by atoms with E-state index in [0.717, 1.165) is 44.9 Å². The van der Waals surface area contributed by atoms with Crippen molar-refractivity contribution in [2.75, 3.05) is 6.61 Å². The molecule has 0 aliphatic heterocycles. The first-order chi connectivity index (χ1) is 21.9. The number of phenols is 2. The topological polar surface area (TPSA) is 93.1 Å². The van der Waals surface area contributed by atoms with Gasteiger partial charge in [-0.15, -0.1) is 0 Å². The van der Waals surface area contributed by atoms with E-state index in [4.69, 9.17) is 9.47 Å². The first kappa shape index (κ1) is 34.1. The molecule has 6 heteroatoms. The minimum Gasteiger partial charge on any atom is -0.504 e. The lowest BCUT2D eigenvalue weighted by atomic mass is 9.33. The van der Waals surface area contributed by atoms with Crippen LogP contribution in [0.5, 0.6) is 11.5 Å². The summed E-state index contributed by atoms with van der Waals surface area (Å²) in [5.74, 6) is 0.519. The molecule has 1 aromatic rings. The molecule has 8 atom stereocenters. The zero-order valence-corrected chi connectivity index (χ0v) is 30.1. The van der Waals surface area contributed by atoms with Crippen LogP contribution in [0.25, 0.3) is 6.08 Å². The molecule has 0 heterocycles. The molecule has 258 valence electrons. The Kier molecular flexibility index (Phi) is 8.28. The largest absolute Gasteiger partial charge is 0.504 e. The molecule has 0 amide bonds. The maximum atomic E-state index is 13.1. The monoisotopic (exact) mass is 646 g/mol. The Morgan fingerprint density at radius 3 is 2.32 bits per heavy atom. The molecule has 4 fully saturated rings. The van der Waals surface area contributed by atoms with E-state index in [1.165, 1.54) is 37.5 Å². The maximum absolute atomic E-state index is 13.1. The number of fused-ring (bicyclic) bond motifs is 7. The van der Waals surface area contributed by atoms with Gasteiger partial charge in [0.2, 0.25) is 0 Å². The van der Waals surface area contributed by atoms with Crippen LogP contribution in [0.3, 0.4) is 0 Å². The molecule has 47 heavy (non-hydrogen) atoms. The Hall–Kier alpha value is -2.76. The predicted octanol–water partition coefficient (Wildman–Crippen LogP) is 9.39. The highest BCUT2D eigenvalue weighted by Crippen LogP contribution is 2.75. The van der Waals surface area contributed by atoms with Crippen molar-refractivity contribution < 1.29 is 29.3 Å². The molecular formula is C41H58O6. The second-order valence-corrected chi connectivity index (χ2v) is 18.2. The first-order valence-corrected chi connectivity index (χ1v) is 18.1. The van der Waals surface area contributed by atoms with Crippen LogP contribution in [0.4, 0.5) is 0 Å². The quantitative estimate of drug-likeness (QED) is 0.143. The molecule has 0 aromatic heterocycles. The summed E-state index contributed by atoms with van der Waals surface area (Å²) in [7, 11) is 0. The van der Waals surface area contributed by atoms with Gasteiger partial charge in [-0.2, -0.15) is 0 Å². The number of rotatable bonds is 5.